The summed E-state index contributed by atoms with van der Waals surface area (Å²) in [7, 11) is 0. The number of hydrogen-bond acceptors (Lipinski definition) is 4. The lowest BCUT2D eigenvalue weighted by atomic mass is 9.54. The van der Waals surface area contributed by atoms with Gasteiger partial charge in [-0.15, -0.1) is 0 Å². The molecule has 1 heterocycles. The Morgan fingerprint density at radius 3 is 1.85 bits per heavy atom. The van der Waals surface area contributed by atoms with E-state index < -0.39 is 17.1 Å². The zero-order chi connectivity index (χ0) is 23.9. The van der Waals surface area contributed by atoms with Crippen molar-refractivity contribution in [2.75, 3.05) is 4.90 Å². The van der Waals surface area contributed by atoms with Crippen LogP contribution in [0.15, 0.2) is 66.7 Å². The van der Waals surface area contributed by atoms with Gasteiger partial charge in [0.1, 0.15) is 0 Å². The first-order chi connectivity index (χ1) is 16.2. The molecule has 1 fully saturated rings. The summed E-state index contributed by atoms with van der Waals surface area (Å²) >= 11 is 0. The molecule has 6 heteroatoms. The van der Waals surface area contributed by atoms with Crippen LogP contribution in [0, 0.1) is 17.0 Å². The Kier molecular flexibility index (Phi) is 4.43. The van der Waals surface area contributed by atoms with Crippen LogP contribution in [-0.4, -0.2) is 17.0 Å². The van der Waals surface area contributed by atoms with Gasteiger partial charge >= 0.3 is 0 Å². The largest absolute Gasteiger partial charge is 0.595 e. The molecule has 3 aromatic carbocycles. The molecule has 0 radical (unpaired) electrons. The van der Waals surface area contributed by atoms with Gasteiger partial charge in [0.2, 0.25) is 11.8 Å². The maximum absolute atomic E-state index is 13.8. The number of amides is 2. The van der Waals surface area contributed by atoms with E-state index in [1.807, 2.05) is 12.1 Å². The Balaban J connectivity index is 1.51. The summed E-state index contributed by atoms with van der Waals surface area (Å²) < 4.78 is 0. The van der Waals surface area contributed by atoms with Gasteiger partial charge in [-0.2, -0.15) is 5.23 Å². The van der Waals surface area contributed by atoms with Gasteiger partial charge in [-0.3, -0.25) is 9.59 Å². The standard InChI is InChI=1S/C28H26N2O4/c1-28(2,3)15-8-13-20-21(14-15)23-19-7-5-4-6-18(19)22(20)24-25(23)27(32)29(26(24)31)16-9-11-17(12-10-16)30(33)34/h4-14,22-25,30,33H,1-3H3/t22-,23-,24-,25+/m0/s1. The van der Waals surface area contributed by atoms with E-state index >= 15 is 0 Å². The van der Waals surface area contributed by atoms with E-state index in [-0.39, 0.29) is 34.8 Å². The Labute approximate surface area is 198 Å². The normalized spacial score (nSPS) is 25.7. The molecular formula is C28H26N2O4. The number of rotatable bonds is 2. The van der Waals surface area contributed by atoms with Crippen molar-refractivity contribution in [1.29, 1.82) is 0 Å². The van der Waals surface area contributed by atoms with Crippen molar-refractivity contribution in [3.05, 3.63) is 99.8 Å². The van der Waals surface area contributed by atoms with Gasteiger partial charge in [0.15, 0.2) is 5.69 Å². The molecule has 1 aliphatic heterocycles. The van der Waals surface area contributed by atoms with Crippen molar-refractivity contribution >= 4 is 23.2 Å². The minimum Gasteiger partial charge on any atom is -0.595 e. The molecule has 3 aliphatic carbocycles. The van der Waals surface area contributed by atoms with Gasteiger partial charge in [-0.25, -0.2) is 10.1 Å². The Morgan fingerprint density at radius 1 is 0.794 bits per heavy atom. The first kappa shape index (κ1) is 21.2. The monoisotopic (exact) mass is 454 g/mol. The third-order valence-electron chi connectivity index (χ3n) is 7.78. The number of hydrogen-bond donors (Lipinski definition) is 2. The van der Waals surface area contributed by atoms with E-state index in [2.05, 4.69) is 51.1 Å². The molecule has 1 saturated heterocycles. The summed E-state index contributed by atoms with van der Waals surface area (Å²) in [6.07, 6.45) is 0. The second-order valence-corrected chi connectivity index (χ2v) is 10.6. The summed E-state index contributed by atoms with van der Waals surface area (Å²) in [5.74, 6) is -1.67. The predicted octanol–water partition coefficient (Wildman–Crippen LogP) is 3.78. The fourth-order valence-electron chi connectivity index (χ4n) is 6.20. The molecule has 34 heavy (non-hydrogen) atoms. The fraction of sp³-hybridized carbons (Fsp3) is 0.286. The zero-order valence-electron chi connectivity index (χ0n) is 19.3. The molecule has 0 saturated carbocycles. The van der Waals surface area contributed by atoms with Crippen LogP contribution < -0.4 is 10.1 Å². The highest BCUT2D eigenvalue weighted by molar-refractivity contribution is 6.23. The van der Waals surface area contributed by atoms with Gasteiger partial charge in [0.05, 0.1) is 17.5 Å². The highest BCUT2D eigenvalue weighted by atomic mass is 16.8. The smallest absolute Gasteiger partial charge is 0.238 e. The van der Waals surface area contributed by atoms with Crippen LogP contribution >= 0.6 is 0 Å². The minimum absolute atomic E-state index is 0.0297. The third-order valence-corrected chi connectivity index (χ3v) is 7.78. The van der Waals surface area contributed by atoms with Crippen molar-refractivity contribution < 1.29 is 20.0 Å². The van der Waals surface area contributed by atoms with Crippen molar-refractivity contribution in [2.24, 2.45) is 11.8 Å². The molecule has 2 amide bonds. The molecule has 0 aromatic heterocycles. The van der Waals surface area contributed by atoms with Crippen LogP contribution in [0.2, 0.25) is 0 Å². The highest BCUT2D eigenvalue weighted by Crippen LogP contribution is 2.61. The summed E-state index contributed by atoms with van der Waals surface area (Å²) in [6.45, 7) is 6.54. The van der Waals surface area contributed by atoms with Crippen molar-refractivity contribution in [1.82, 2.24) is 0 Å². The number of carbonyl (C=O) groups excluding carboxylic acids is 2. The zero-order valence-corrected chi connectivity index (χ0v) is 19.3. The van der Waals surface area contributed by atoms with Gasteiger partial charge in [0, 0.05) is 24.0 Å². The summed E-state index contributed by atoms with van der Waals surface area (Å²) in [5, 5.41) is 19.4. The van der Waals surface area contributed by atoms with Crippen LogP contribution in [-0.2, 0) is 15.0 Å². The van der Waals surface area contributed by atoms with Crippen molar-refractivity contribution in [3.63, 3.8) is 0 Å². The summed E-state index contributed by atoms with van der Waals surface area (Å²) in [6, 6.07) is 20.7. The fourth-order valence-corrected chi connectivity index (χ4v) is 6.20. The van der Waals surface area contributed by atoms with E-state index in [0.29, 0.717) is 5.69 Å². The van der Waals surface area contributed by atoms with Crippen molar-refractivity contribution in [3.8, 4) is 0 Å². The number of benzene rings is 3. The number of anilines is 1. The molecule has 1 unspecified atom stereocenters. The minimum atomic E-state index is -1.04. The Morgan fingerprint density at radius 2 is 1.32 bits per heavy atom. The Bertz CT molecular complexity index is 1340. The molecule has 5 atom stereocenters. The Hall–Kier alpha value is -3.32. The van der Waals surface area contributed by atoms with E-state index in [1.165, 1.54) is 22.6 Å². The van der Waals surface area contributed by atoms with E-state index in [1.54, 1.807) is 12.1 Å². The summed E-state index contributed by atoms with van der Waals surface area (Å²) in [5.41, 5.74) is 6.30. The lowest BCUT2D eigenvalue weighted by Crippen LogP contribution is -2.99. The number of nitrogens with zero attached hydrogens (tertiary/aromatic N) is 1. The number of carbonyl (C=O) groups is 2. The van der Waals surface area contributed by atoms with Crippen LogP contribution in [0.4, 0.5) is 11.4 Å². The first-order valence-electron chi connectivity index (χ1n) is 11.6. The molecule has 2 bridgehead atoms. The predicted molar refractivity (Wildman–Crippen MR) is 127 cm³/mol. The molecule has 172 valence electrons. The average molecular weight is 455 g/mol. The first-order valence-corrected chi connectivity index (χ1v) is 11.6. The molecular weight excluding hydrogens is 428 g/mol. The lowest BCUT2D eigenvalue weighted by molar-refractivity contribution is -0.991. The van der Waals surface area contributed by atoms with Crippen molar-refractivity contribution in [2.45, 2.75) is 38.0 Å². The van der Waals surface area contributed by atoms with Crippen LogP contribution in [0.5, 0.6) is 0 Å². The van der Waals surface area contributed by atoms with Crippen LogP contribution in [0.25, 0.3) is 0 Å². The summed E-state index contributed by atoms with van der Waals surface area (Å²) in [4.78, 5) is 28.9. The average Bonchev–Trinajstić information content (AvgIpc) is 3.08. The van der Waals surface area contributed by atoms with E-state index in [4.69, 9.17) is 0 Å². The highest BCUT2D eigenvalue weighted by Gasteiger charge is 2.61. The number of quaternary nitrogens is 1. The second-order valence-electron chi connectivity index (χ2n) is 10.6. The van der Waals surface area contributed by atoms with Crippen LogP contribution in [0.3, 0.4) is 0 Å². The maximum Gasteiger partial charge on any atom is 0.238 e. The molecule has 6 nitrogen and oxygen atoms in total. The van der Waals surface area contributed by atoms with E-state index in [9.17, 15) is 20.0 Å². The maximum atomic E-state index is 13.8. The van der Waals surface area contributed by atoms with Crippen LogP contribution in [0.1, 0.15) is 60.4 Å². The lowest BCUT2D eigenvalue weighted by Gasteiger charge is -2.46. The van der Waals surface area contributed by atoms with E-state index in [0.717, 1.165) is 22.3 Å². The molecule has 0 spiro atoms. The quantitative estimate of drug-likeness (QED) is 0.456. The molecule has 3 aromatic rings. The SMILES string of the molecule is CC(C)(C)c1ccc2c(c1)[C@@H]1c3ccccc3[C@@H]2[C@@H]2C(=O)N(c3ccc([NH+]([O-])O)cc3)C(=O)[C@H]12. The number of imide groups is 1. The third kappa shape index (κ3) is 2.79. The number of nitrogens with one attached hydrogen (secondary N) is 1. The molecule has 4 aliphatic rings. The van der Waals surface area contributed by atoms with Gasteiger partial charge in [-0.1, -0.05) is 63.2 Å². The molecule has 7 rings (SSSR count). The second kappa shape index (κ2) is 7.09. The van der Waals surface area contributed by atoms with Gasteiger partial charge < -0.3 is 5.21 Å². The van der Waals surface area contributed by atoms with Gasteiger partial charge in [0.25, 0.3) is 0 Å². The molecule has 2 N–H and O–H groups in total. The topological polar surface area (TPSA) is 85.1 Å². The van der Waals surface area contributed by atoms with Gasteiger partial charge in [-0.05, 0) is 45.4 Å².